The van der Waals surface area contributed by atoms with E-state index < -0.39 is 0 Å². The van der Waals surface area contributed by atoms with Gasteiger partial charge >= 0.3 is 0 Å². The molecule has 0 amide bonds. The second kappa shape index (κ2) is 4.07. The molecule has 0 bridgehead atoms. The van der Waals surface area contributed by atoms with Crippen molar-refractivity contribution < 1.29 is 0 Å². The van der Waals surface area contributed by atoms with Crippen LogP contribution in [0, 0.1) is 0 Å². The summed E-state index contributed by atoms with van der Waals surface area (Å²) in [5, 5.41) is 0. The van der Waals surface area contributed by atoms with E-state index >= 15 is 0 Å². The fraction of sp³-hybridized carbons (Fsp3) is 0.273. The van der Waals surface area contributed by atoms with Gasteiger partial charge in [0.25, 0.3) is 0 Å². The van der Waals surface area contributed by atoms with E-state index in [1.807, 2.05) is 25.1 Å². The Labute approximate surface area is 73.9 Å². The van der Waals surface area contributed by atoms with Crippen LogP contribution >= 0.6 is 0 Å². The van der Waals surface area contributed by atoms with Gasteiger partial charge in [0.1, 0.15) is 0 Å². The SMILES string of the molecule is C/C(=C\c1ccccc1)[C@@H](C)N. The lowest BCUT2D eigenvalue weighted by Gasteiger charge is -2.04. The molecule has 64 valence electrons. The van der Waals surface area contributed by atoms with Gasteiger partial charge < -0.3 is 5.73 Å². The maximum absolute atomic E-state index is 5.72. The van der Waals surface area contributed by atoms with Gasteiger partial charge in [-0.1, -0.05) is 42.0 Å². The lowest BCUT2D eigenvalue weighted by molar-refractivity contribution is 0.868. The van der Waals surface area contributed by atoms with Gasteiger partial charge in [-0.25, -0.2) is 0 Å². The first kappa shape index (κ1) is 9.01. The summed E-state index contributed by atoms with van der Waals surface area (Å²) in [5.74, 6) is 0. The van der Waals surface area contributed by atoms with Crippen molar-refractivity contribution in [2.45, 2.75) is 19.9 Å². The lowest BCUT2D eigenvalue weighted by atomic mass is 10.1. The Morgan fingerprint density at radius 3 is 2.42 bits per heavy atom. The van der Waals surface area contributed by atoms with Gasteiger partial charge in [0.15, 0.2) is 0 Å². The molecule has 12 heavy (non-hydrogen) atoms. The van der Waals surface area contributed by atoms with E-state index in [4.69, 9.17) is 5.73 Å². The molecular formula is C11H15N. The summed E-state index contributed by atoms with van der Waals surface area (Å²) in [4.78, 5) is 0. The van der Waals surface area contributed by atoms with Crippen LogP contribution in [0.1, 0.15) is 19.4 Å². The van der Waals surface area contributed by atoms with Gasteiger partial charge in [0.05, 0.1) is 0 Å². The molecule has 0 aliphatic carbocycles. The molecular weight excluding hydrogens is 146 g/mol. The summed E-state index contributed by atoms with van der Waals surface area (Å²) < 4.78 is 0. The second-order valence-electron chi connectivity index (χ2n) is 3.09. The molecule has 0 unspecified atom stereocenters. The molecule has 1 nitrogen and oxygen atoms in total. The Kier molecular flexibility index (Phi) is 3.06. The van der Waals surface area contributed by atoms with Crippen LogP contribution in [0.2, 0.25) is 0 Å². The zero-order chi connectivity index (χ0) is 8.97. The quantitative estimate of drug-likeness (QED) is 0.708. The van der Waals surface area contributed by atoms with Gasteiger partial charge in [-0.15, -0.1) is 0 Å². The van der Waals surface area contributed by atoms with E-state index in [-0.39, 0.29) is 6.04 Å². The first-order valence-electron chi connectivity index (χ1n) is 4.19. The summed E-state index contributed by atoms with van der Waals surface area (Å²) >= 11 is 0. The van der Waals surface area contributed by atoms with Crippen LogP contribution < -0.4 is 5.73 Å². The van der Waals surface area contributed by atoms with Crippen molar-refractivity contribution in [1.82, 2.24) is 0 Å². The summed E-state index contributed by atoms with van der Waals surface area (Å²) in [5.41, 5.74) is 8.14. The van der Waals surface area contributed by atoms with Crippen LogP contribution in [-0.2, 0) is 0 Å². The van der Waals surface area contributed by atoms with Gasteiger partial charge in [-0.3, -0.25) is 0 Å². The molecule has 0 aromatic heterocycles. The van der Waals surface area contributed by atoms with Crippen molar-refractivity contribution in [3.8, 4) is 0 Å². The first-order valence-corrected chi connectivity index (χ1v) is 4.19. The average molecular weight is 161 g/mol. The molecule has 0 heterocycles. The second-order valence-corrected chi connectivity index (χ2v) is 3.09. The summed E-state index contributed by atoms with van der Waals surface area (Å²) in [7, 11) is 0. The Hall–Kier alpha value is -1.08. The van der Waals surface area contributed by atoms with E-state index in [0.29, 0.717) is 0 Å². The topological polar surface area (TPSA) is 26.0 Å². The minimum Gasteiger partial charge on any atom is -0.324 e. The van der Waals surface area contributed by atoms with E-state index in [9.17, 15) is 0 Å². The molecule has 0 fully saturated rings. The third-order valence-corrected chi connectivity index (χ3v) is 1.91. The fourth-order valence-corrected chi connectivity index (χ4v) is 0.944. The van der Waals surface area contributed by atoms with E-state index in [1.165, 1.54) is 11.1 Å². The van der Waals surface area contributed by atoms with Crippen LogP contribution in [0.5, 0.6) is 0 Å². The van der Waals surface area contributed by atoms with Gasteiger partial charge in [0, 0.05) is 6.04 Å². The molecule has 0 aliphatic heterocycles. The monoisotopic (exact) mass is 161 g/mol. The van der Waals surface area contributed by atoms with Crippen molar-refractivity contribution in [3.05, 3.63) is 41.5 Å². The molecule has 0 radical (unpaired) electrons. The minimum absolute atomic E-state index is 0.144. The Morgan fingerprint density at radius 1 is 1.33 bits per heavy atom. The Bertz CT molecular complexity index is 260. The van der Waals surface area contributed by atoms with Crippen molar-refractivity contribution in [2.24, 2.45) is 5.73 Å². The highest BCUT2D eigenvalue weighted by molar-refractivity contribution is 5.52. The van der Waals surface area contributed by atoms with Gasteiger partial charge in [0.2, 0.25) is 0 Å². The number of nitrogens with two attached hydrogens (primary N) is 1. The summed E-state index contributed by atoms with van der Waals surface area (Å²) in [6.45, 7) is 4.05. The van der Waals surface area contributed by atoms with Crippen molar-refractivity contribution in [2.75, 3.05) is 0 Å². The number of benzene rings is 1. The molecule has 1 aromatic carbocycles. The van der Waals surface area contributed by atoms with Crippen molar-refractivity contribution in [1.29, 1.82) is 0 Å². The van der Waals surface area contributed by atoms with Crippen molar-refractivity contribution >= 4 is 6.08 Å². The van der Waals surface area contributed by atoms with E-state index in [0.717, 1.165) is 0 Å². The third kappa shape index (κ3) is 2.51. The largest absolute Gasteiger partial charge is 0.324 e. The molecule has 1 aromatic rings. The zero-order valence-electron chi connectivity index (χ0n) is 7.62. The summed E-state index contributed by atoms with van der Waals surface area (Å²) in [6.07, 6.45) is 2.12. The number of rotatable bonds is 2. The first-order chi connectivity index (χ1) is 5.70. The van der Waals surface area contributed by atoms with Crippen LogP contribution in [0.15, 0.2) is 35.9 Å². The van der Waals surface area contributed by atoms with Crippen LogP contribution in [-0.4, -0.2) is 6.04 Å². The van der Waals surface area contributed by atoms with Crippen LogP contribution in [0.3, 0.4) is 0 Å². The normalized spacial score (nSPS) is 14.4. The number of hydrogen-bond acceptors (Lipinski definition) is 1. The van der Waals surface area contributed by atoms with Crippen molar-refractivity contribution in [3.63, 3.8) is 0 Å². The lowest BCUT2D eigenvalue weighted by Crippen LogP contribution is -2.15. The fourth-order valence-electron chi connectivity index (χ4n) is 0.944. The molecule has 2 N–H and O–H groups in total. The maximum Gasteiger partial charge on any atom is 0.0225 e. The Morgan fingerprint density at radius 2 is 1.92 bits per heavy atom. The standard InChI is InChI=1S/C11H15N/c1-9(10(2)12)8-11-6-4-3-5-7-11/h3-8,10H,12H2,1-2H3/b9-8+/t10-/m1/s1. The van der Waals surface area contributed by atoms with Crippen LogP contribution in [0.25, 0.3) is 6.08 Å². The summed E-state index contributed by atoms with van der Waals surface area (Å²) in [6, 6.07) is 10.4. The smallest absolute Gasteiger partial charge is 0.0225 e. The maximum atomic E-state index is 5.72. The molecule has 0 spiro atoms. The molecule has 1 rings (SSSR count). The molecule has 0 saturated carbocycles. The minimum atomic E-state index is 0.144. The third-order valence-electron chi connectivity index (χ3n) is 1.91. The molecule has 1 heteroatoms. The molecule has 0 saturated heterocycles. The highest BCUT2D eigenvalue weighted by Crippen LogP contribution is 2.07. The number of hydrogen-bond donors (Lipinski definition) is 1. The van der Waals surface area contributed by atoms with Gasteiger partial charge in [-0.05, 0) is 19.4 Å². The van der Waals surface area contributed by atoms with Gasteiger partial charge in [-0.2, -0.15) is 0 Å². The highest BCUT2D eigenvalue weighted by atomic mass is 14.6. The van der Waals surface area contributed by atoms with Crippen LogP contribution in [0.4, 0.5) is 0 Å². The van der Waals surface area contributed by atoms with E-state index in [2.05, 4.69) is 25.1 Å². The average Bonchev–Trinajstić information content (AvgIpc) is 2.06. The molecule has 0 aliphatic rings. The van der Waals surface area contributed by atoms with E-state index in [1.54, 1.807) is 0 Å². The zero-order valence-corrected chi connectivity index (χ0v) is 7.62. The molecule has 1 atom stereocenters. The predicted octanol–water partition coefficient (Wildman–Crippen LogP) is 2.44. The predicted molar refractivity (Wildman–Crippen MR) is 53.7 cm³/mol. The Balaban J connectivity index is 2.81. The highest BCUT2D eigenvalue weighted by Gasteiger charge is 1.95.